The van der Waals surface area contributed by atoms with Gasteiger partial charge in [0.15, 0.2) is 0 Å². The zero-order chi connectivity index (χ0) is 34.0. The number of para-hydroxylation sites is 1. The second-order valence-electron chi connectivity index (χ2n) is 16.7. The Bertz CT molecular complexity index is 1380. The number of hydrogen-bond donors (Lipinski definition) is 1. The molecule has 2 amide bonds. The van der Waals surface area contributed by atoms with E-state index in [1.54, 1.807) is 32.7 Å². The van der Waals surface area contributed by atoms with Gasteiger partial charge in [-0.25, -0.2) is 9.59 Å². The number of carbonyl (C=O) groups is 4. The Kier molecular flexibility index (Phi) is 8.82. The molecule has 2 heterocycles. The Balaban J connectivity index is 1.60. The van der Waals surface area contributed by atoms with Gasteiger partial charge in [0, 0.05) is 30.5 Å². The molecule has 0 aromatic heterocycles. The lowest BCUT2D eigenvalue weighted by Crippen LogP contribution is -2.59. The van der Waals surface area contributed by atoms with Crippen molar-refractivity contribution in [2.75, 3.05) is 19.5 Å². The lowest BCUT2D eigenvalue weighted by atomic mass is 9.46. The van der Waals surface area contributed by atoms with Crippen LogP contribution in [0.3, 0.4) is 0 Å². The SMILES string of the molecule is COC(=O)[C@@H]1C[C@@]2(C[C@H]3C(=O)CC[C@H]4C(C)(C)CCC[C@]34C)c3ccccc3N[C@H]2N1C(=O)[C@H](C(C)C)N(C)C(=O)OC(C)(C)C. The maximum atomic E-state index is 14.9. The fraction of sp³-hybridized carbons (Fsp3) is 0.730. The van der Waals surface area contributed by atoms with Crippen LogP contribution in [0.15, 0.2) is 24.3 Å². The van der Waals surface area contributed by atoms with Crippen molar-refractivity contribution in [3.63, 3.8) is 0 Å². The van der Waals surface area contributed by atoms with Crippen molar-refractivity contribution in [3.8, 4) is 0 Å². The molecule has 2 aliphatic heterocycles. The average Bonchev–Trinajstić information content (AvgIpc) is 3.43. The molecule has 254 valence electrons. The lowest BCUT2D eigenvalue weighted by molar-refractivity contribution is -0.154. The van der Waals surface area contributed by atoms with E-state index in [1.165, 1.54) is 12.0 Å². The summed E-state index contributed by atoms with van der Waals surface area (Å²) in [5.41, 5.74) is 0.449. The lowest BCUT2D eigenvalue weighted by Gasteiger charge is -2.57. The fourth-order valence-corrected chi connectivity index (χ4v) is 9.92. The van der Waals surface area contributed by atoms with Crippen molar-refractivity contribution >= 4 is 29.4 Å². The van der Waals surface area contributed by atoms with E-state index in [-0.39, 0.29) is 34.4 Å². The smallest absolute Gasteiger partial charge is 0.410 e. The van der Waals surface area contributed by atoms with Crippen molar-refractivity contribution in [1.29, 1.82) is 0 Å². The Labute approximate surface area is 275 Å². The van der Waals surface area contributed by atoms with Gasteiger partial charge in [0.2, 0.25) is 5.91 Å². The number of ether oxygens (including phenoxy) is 2. The van der Waals surface area contributed by atoms with Crippen LogP contribution in [0.1, 0.15) is 106 Å². The Hall–Kier alpha value is -3.10. The Morgan fingerprint density at radius 1 is 1.11 bits per heavy atom. The van der Waals surface area contributed by atoms with Crippen LogP contribution >= 0.6 is 0 Å². The molecular formula is C37H55N3O6. The van der Waals surface area contributed by atoms with Crippen molar-refractivity contribution in [3.05, 3.63) is 29.8 Å². The highest BCUT2D eigenvalue weighted by Crippen LogP contribution is 2.63. The van der Waals surface area contributed by atoms with E-state index >= 15 is 0 Å². The Morgan fingerprint density at radius 2 is 1.78 bits per heavy atom. The molecule has 1 aromatic carbocycles. The third kappa shape index (κ3) is 5.59. The number of amides is 2. The van der Waals surface area contributed by atoms with Crippen LogP contribution < -0.4 is 5.32 Å². The van der Waals surface area contributed by atoms with Crippen LogP contribution in [0.25, 0.3) is 0 Å². The molecule has 0 spiro atoms. The van der Waals surface area contributed by atoms with Crippen molar-refractivity contribution in [2.45, 2.75) is 130 Å². The zero-order valence-corrected chi connectivity index (χ0v) is 29.6. The number of likely N-dealkylation sites (tertiary alicyclic amines) is 1. The molecule has 7 atom stereocenters. The van der Waals surface area contributed by atoms with Crippen LogP contribution in [0.2, 0.25) is 0 Å². The van der Waals surface area contributed by atoms with Gasteiger partial charge in [-0.15, -0.1) is 0 Å². The van der Waals surface area contributed by atoms with Gasteiger partial charge in [-0.05, 0) is 87.2 Å². The van der Waals surface area contributed by atoms with E-state index in [9.17, 15) is 19.2 Å². The van der Waals surface area contributed by atoms with Crippen molar-refractivity contribution in [1.82, 2.24) is 9.80 Å². The molecule has 2 aliphatic carbocycles. The second-order valence-corrected chi connectivity index (χ2v) is 16.7. The van der Waals surface area contributed by atoms with E-state index in [0.29, 0.717) is 25.2 Å². The van der Waals surface area contributed by atoms with Gasteiger partial charge in [0.05, 0.1) is 7.11 Å². The molecule has 0 unspecified atom stereocenters. The highest BCUT2D eigenvalue weighted by Gasteiger charge is 2.65. The normalized spacial score (nSPS) is 32.2. The molecule has 1 N–H and O–H groups in total. The number of nitrogens with zero attached hydrogens (tertiary/aromatic N) is 2. The number of rotatable bonds is 6. The van der Waals surface area contributed by atoms with Gasteiger partial charge in [0.1, 0.15) is 29.6 Å². The van der Waals surface area contributed by atoms with Crippen molar-refractivity contribution < 1.29 is 28.7 Å². The van der Waals surface area contributed by atoms with Crippen LogP contribution in [-0.2, 0) is 29.3 Å². The number of likely N-dealkylation sites (N-methyl/N-ethyl adjacent to an activating group) is 1. The third-order valence-corrected chi connectivity index (χ3v) is 11.9. The molecule has 1 saturated heterocycles. The highest BCUT2D eigenvalue weighted by molar-refractivity contribution is 5.92. The first kappa shape index (κ1) is 34.2. The number of nitrogens with one attached hydrogen (secondary N) is 1. The summed E-state index contributed by atoms with van der Waals surface area (Å²) in [5.74, 6) is -0.617. The predicted molar refractivity (Wildman–Crippen MR) is 177 cm³/mol. The molecule has 5 rings (SSSR count). The van der Waals surface area contributed by atoms with Crippen LogP contribution in [0.5, 0.6) is 0 Å². The van der Waals surface area contributed by atoms with Gasteiger partial charge >= 0.3 is 12.1 Å². The molecule has 46 heavy (non-hydrogen) atoms. The fourth-order valence-electron chi connectivity index (χ4n) is 9.92. The summed E-state index contributed by atoms with van der Waals surface area (Å²) in [5, 5.41) is 3.63. The van der Waals surface area contributed by atoms with E-state index < -0.39 is 41.3 Å². The topological polar surface area (TPSA) is 105 Å². The van der Waals surface area contributed by atoms with E-state index in [1.807, 2.05) is 32.0 Å². The molecule has 0 radical (unpaired) electrons. The minimum Gasteiger partial charge on any atom is -0.467 e. The van der Waals surface area contributed by atoms with Crippen LogP contribution in [-0.4, -0.2) is 71.6 Å². The maximum Gasteiger partial charge on any atom is 0.410 e. The summed E-state index contributed by atoms with van der Waals surface area (Å²) < 4.78 is 11.0. The number of carbonyl (C=O) groups excluding carboxylic acids is 4. The number of anilines is 1. The van der Waals surface area contributed by atoms with Gasteiger partial charge < -0.3 is 19.7 Å². The number of esters is 1. The largest absolute Gasteiger partial charge is 0.467 e. The second kappa shape index (κ2) is 11.9. The summed E-state index contributed by atoms with van der Waals surface area (Å²) in [6, 6.07) is 6.27. The standard InChI is InChI=1S/C37H55N3O6/c1-22(2)29(39(9)33(44)46-34(3,4)5)30(42)40-26(31(43)45-10)21-37(23-14-11-12-15-25(23)38-32(37)40)20-24-27(41)16-17-28-35(6,7)18-13-19-36(24,28)8/h11-12,14-15,22,24,26,28-29,32,38H,13,16-21H2,1-10H3/t24-,26-,28-,29-,32-,36+,37-/m0/s1. The van der Waals surface area contributed by atoms with E-state index in [2.05, 4.69) is 32.2 Å². The molecule has 0 bridgehead atoms. The highest BCUT2D eigenvalue weighted by atomic mass is 16.6. The summed E-state index contributed by atoms with van der Waals surface area (Å²) >= 11 is 0. The number of benzene rings is 1. The molecule has 3 fully saturated rings. The monoisotopic (exact) mass is 637 g/mol. The average molecular weight is 638 g/mol. The predicted octanol–water partition coefficient (Wildman–Crippen LogP) is 6.54. The number of ketones is 1. The number of methoxy groups -OCH3 is 1. The van der Waals surface area contributed by atoms with Gasteiger partial charge in [0.25, 0.3) is 0 Å². The first-order valence-electron chi connectivity index (χ1n) is 17.1. The Morgan fingerprint density at radius 3 is 2.41 bits per heavy atom. The maximum absolute atomic E-state index is 14.9. The van der Waals surface area contributed by atoms with E-state index in [4.69, 9.17) is 9.47 Å². The van der Waals surface area contributed by atoms with Crippen LogP contribution in [0.4, 0.5) is 10.5 Å². The summed E-state index contributed by atoms with van der Waals surface area (Å²) in [6.45, 7) is 16.2. The number of fused-ring (bicyclic) bond motifs is 4. The molecular weight excluding hydrogens is 582 g/mol. The zero-order valence-electron chi connectivity index (χ0n) is 29.6. The number of hydrogen-bond acceptors (Lipinski definition) is 7. The van der Waals surface area contributed by atoms with Gasteiger partial charge in [-0.1, -0.05) is 59.2 Å². The summed E-state index contributed by atoms with van der Waals surface area (Å²) in [6.07, 6.45) is 4.36. The summed E-state index contributed by atoms with van der Waals surface area (Å²) in [4.78, 5) is 58.8. The quantitative estimate of drug-likeness (QED) is 0.353. The first-order chi connectivity index (χ1) is 21.4. The minimum atomic E-state index is -0.888. The van der Waals surface area contributed by atoms with Crippen molar-refractivity contribution in [2.24, 2.45) is 28.6 Å². The molecule has 2 saturated carbocycles. The molecule has 9 nitrogen and oxygen atoms in total. The molecule has 9 heteroatoms. The minimum absolute atomic E-state index is 0.137. The summed E-state index contributed by atoms with van der Waals surface area (Å²) in [7, 11) is 2.93. The van der Waals surface area contributed by atoms with Crippen LogP contribution in [0, 0.1) is 28.6 Å². The van der Waals surface area contributed by atoms with Gasteiger partial charge in [-0.3, -0.25) is 14.5 Å². The van der Waals surface area contributed by atoms with E-state index in [0.717, 1.165) is 36.9 Å². The molecule has 1 aromatic rings. The first-order valence-corrected chi connectivity index (χ1v) is 17.1. The van der Waals surface area contributed by atoms with Gasteiger partial charge in [-0.2, -0.15) is 0 Å². The third-order valence-electron chi connectivity index (χ3n) is 11.9. The number of Topliss-reactive ketones (excluding diaryl/α,β-unsaturated/α-hetero) is 1. The molecule has 4 aliphatic rings.